The Morgan fingerprint density at radius 1 is 1.11 bits per heavy atom. The van der Waals surface area contributed by atoms with E-state index in [1.165, 1.54) is 12.3 Å². The van der Waals surface area contributed by atoms with Gasteiger partial charge < -0.3 is 5.11 Å². The maximum Gasteiger partial charge on any atom is 0.336 e. The lowest BCUT2D eigenvalue weighted by Gasteiger charge is -2.08. The predicted molar refractivity (Wildman–Crippen MR) is 71.7 cm³/mol. The van der Waals surface area contributed by atoms with Crippen molar-refractivity contribution in [2.75, 3.05) is 0 Å². The summed E-state index contributed by atoms with van der Waals surface area (Å²) in [4.78, 5) is 15.0. The van der Waals surface area contributed by atoms with E-state index in [-0.39, 0.29) is 10.7 Å². The van der Waals surface area contributed by atoms with Crippen molar-refractivity contribution >= 4 is 40.8 Å². The van der Waals surface area contributed by atoms with E-state index in [0.717, 1.165) is 0 Å². The van der Waals surface area contributed by atoms with Crippen LogP contribution < -0.4 is 0 Å². The summed E-state index contributed by atoms with van der Waals surface area (Å²) in [5.41, 5.74) is 0.943. The van der Waals surface area contributed by atoms with E-state index in [4.69, 9.17) is 39.9 Å². The summed E-state index contributed by atoms with van der Waals surface area (Å²) >= 11 is 17.7. The van der Waals surface area contributed by atoms with Crippen LogP contribution in [0.2, 0.25) is 15.2 Å². The molecule has 1 aromatic heterocycles. The minimum Gasteiger partial charge on any atom is -0.478 e. The fourth-order valence-electron chi connectivity index (χ4n) is 1.54. The van der Waals surface area contributed by atoms with Crippen molar-refractivity contribution < 1.29 is 9.90 Å². The van der Waals surface area contributed by atoms with Crippen molar-refractivity contribution in [1.82, 2.24) is 4.98 Å². The Morgan fingerprint density at radius 2 is 1.83 bits per heavy atom. The van der Waals surface area contributed by atoms with Gasteiger partial charge in [-0.2, -0.15) is 0 Å². The highest BCUT2D eigenvalue weighted by Crippen LogP contribution is 2.33. The summed E-state index contributed by atoms with van der Waals surface area (Å²) in [7, 11) is 0. The molecule has 0 fully saturated rings. The third kappa shape index (κ3) is 2.43. The average molecular weight is 303 g/mol. The molecule has 6 heteroatoms. The fourth-order valence-corrected chi connectivity index (χ4v) is 2.11. The monoisotopic (exact) mass is 301 g/mol. The summed E-state index contributed by atoms with van der Waals surface area (Å²) in [6.45, 7) is 0. The number of carbonyl (C=O) groups is 1. The van der Waals surface area contributed by atoms with Crippen LogP contribution in [0.25, 0.3) is 11.1 Å². The second-order valence-electron chi connectivity index (χ2n) is 3.46. The molecular formula is C12H6Cl3NO2. The summed E-state index contributed by atoms with van der Waals surface area (Å²) in [5, 5.41) is 9.95. The normalized spacial score (nSPS) is 10.4. The van der Waals surface area contributed by atoms with E-state index >= 15 is 0 Å². The predicted octanol–water partition coefficient (Wildman–Crippen LogP) is 4.41. The standard InChI is InChI=1S/C12H6Cl3NO2/c13-8-2-1-6(5-9(8)14)10-7(12(17)18)3-4-16-11(10)15/h1-5H,(H,17,18). The van der Waals surface area contributed by atoms with Crippen LogP contribution in [-0.4, -0.2) is 16.1 Å². The van der Waals surface area contributed by atoms with E-state index in [2.05, 4.69) is 4.98 Å². The van der Waals surface area contributed by atoms with Gasteiger partial charge >= 0.3 is 5.97 Å². The van der Waals surface area contributed by atoms with Gasteiger partial charge in [0.2, 0.25) is 0 Å². The molecule has 92 valence electrons. The fraction of sp³-hybridized carbons (Fsp3) is 0. The summed E-state index contributed by atoms with van der Waals surface area (Å²) < 4.78 is 0. The molecule has 18 heavy (non-hydrogen) atoms. The second-order valence-corrected chi connectivity index (χ2v) is 4.63. The first-order valence-corrected chi connectivity index (χ1v) is 5.97. The number of nitrogens with zero attached hydrogens (tertiary/aromatic N) is 1. The first kappa shape index (κ1) is 13.1. The molecule has 0 saturated carbocycles. The molecule has 3 nitrogen and oxygen atoms in total. The number of benzene rings is 1. The number of halogens is 3. The molecule has 0 aliphatic carbocycles. The maximum atomic E-state index is 11.2. The number of hydrogen-bond donors (Lipinski definition) is 1. The average Bonchev–Trinajstić information content (AvgIpc) is 2.32. The molecule has 2 aromatic rings. The number of rotatable bonds is 2. The van der Waals surface area contributed by atoms with E-state index in [1.54, 1.807) is 18.2 Å². The van der Waals surface area contributed by atoms with Crippen molar-refractivity contribution in [3.63, 3.8) is 0 Å². The number of aromatic carboxylic acids is 1. The van der Waals surface area contributed by atoms with E-state index in [9.17, 15) is 4.79 Å². The maximum absolute atomic E-state index is 11.2. The van der Waals surface area contributed by atoms with Crippen LogP contribution >= 0.6 is 34.8 Å². The van der Waals surface area contributed by atoms with Gasteiger partial charge in [0.1, 0.15) is 5.15 Å². The third-order valence-corrected chi connectivity index (χ3v) is 3.37. The van der Waals surface area contributed by atoms with Gasteiger partial charge in [-0.1, -0.05) is 40.9 Å². The topological polar surface area (TPSA) is 50.2 Å². The highest BCUT2D eigenvalue weighted by molar-refractivity contribution is 6.42. The van der Waals surface area contributed by atoms with Crippen LogP contribution in [0.5, 0.6) is 0 Å². The zero-order chi connectivity index (χ0) is 13.3. The largest absolute Gasteiger partial charge is 0.478 e. The van der Waals surface area contributed by atoms with E-state index < -0.39 is 5.97 Å². The minimum absolute atomic E-state index is 0.0633. The molecule has 0 spiro atoms. The minimum atomic E-state index is -1.08. The first-order valence-electron chi connectivity index (χ1n) is 4.84. The van der Waals surface area contributed by atoms with Gasteiger partial charge in [-0.05, 0) is 23.8 Å². The molecule has 0 unspecified atom stereocenters. The molecule has 0 bridgehead atoms. The Morgan fingerprint density at radius 3 is 2.44 bits per heavy atom. The van der Waals surface area contributed by atoms with Gasteiger partial charge in [-0.15, -0.1) is 0 Å². The summed E-state index contributed by atoms with van der Waals surface area (Å²) in [5.74, 6) is -1.08. The molecule has 0 aliphatic rings. The number of pyridine rings is 1. The zero-order valence-corrected chi connectivity index (χ0v) is 11.1. The van der Waals surface area contributed by atoms with Gasteiger partial charge in [-0.25, -0.2) is 9.78 Å². The highest BCUT2D eigenvalue weighted by atomic mass is 35.5. The lowest BCUT2D eigenvalue weighted by Crippen LogP contribution is -2.01. The molecule has 1 aromatic carbocycles. The zero-order valence-electron chi connectivity index (χ0n) is 8.82. The summed E-state index contributed by atoms with van der Waals surface area (Å²) in [6, 6.07) is 6.16. The molecule has 1 heterocycles. The van der Waals surface area contributed by atoms with Crippen molar-refractivity contribution in [3.05, 3.63) is 51.2 Å². The molecule has 0 radical (unpaired) electrons. The van der Waals surface area contributed by atoms with Crippen LogP contribution in [-0.2, 0) is 0 Å². The lowest BCUT2D eigenvalue weighted by atomic mass is 10.0. The third-order valence-electron chi connectivity index (χ3n) is 2.34. The van der Waals surface area contributed by atoms with E-state index in [1.807, 2.05) is 0 Å². The van der Waals surface area contributed by atoms with Crippen molar-refractivity contribution in [2.45, 2.75) is 0 Å². The van der Waals surface area contributed by atoms with E-state index in [0.29, 0.717) is 21.2 Å². The Labute approximate surface area is 118 Å². The second kappa shape index (κ2) is 5.14. The molecule has 0 aliphatic heterocycles. The van der Waals surface area contributed by atoms with Crippen LogP contribution in [0.3, 0.4) is 0 Å². The molecule has 1 N–H and O–H groups in total. The van der Waals surface area contributed by atoms with Gasteiger partial charge in [-0.3, -0.25) is 0 Å². The molecule has 0 amide bonds. The number of hydrogen-bond acceptors (Lipinski definition) is 2. The van der Waals surface area contributed by atoms with Gasteiger partial charge in [0.15, 0.2) is 0 Å². The van der Waals surface area contributed by atoms with Crippen LogP contribution in [0.1, 0.15) is 10.4 Å². The molecule has 0 atom stereocenters. The summed E-state index contributed by atoms with van der Waals surface area (Å²) in [6.07, 6.45) is 1.34. The SMILES string of the molecule is O=C(O)c1ccnc(Cl)c1-c1ccc(Cl)c(Cl)c1. The first-order chi connectivity index (χ1) is 8.50. The van der Waals surface area contributed by atoms with Crippen molar-refractivity contribution in [1.29, 1.82) is 0 Å². The number of aromatic nitrogens is 1. The molecular weight excluding hydrogens is 296 g/mol. The van der Waals surface area contributed by atoms with Crippen LogP contribution in [0.4, 0.5) is 0 Å². The quantitative estimate of drug-likeness (QED) is 0.836. The van der Waals surface area contributed by atoms with Crippen molar-refractivity contribution in [3.8, 4) is 11.1 Å². The van der Waals surface area contributed by atoms with Crippen molar-refractivity contribution in [2.24, 2.45) is 0 Å². The molecule has 2 rings (SSSR count). The Bertz CT molecular complexity index is 629. The van der Waals surface area contributed by atoms with Gasteiger partial charge in [0, 0.05) is 11.8 Å². The van der Waals surface area contributed by atoms with Gasteiger partial charge in [0.05, 0.1) is 15.6 Å². The lowest BCUT2D eigenvalue weighted by molar-refractivity contribution is 0.0697. The Kier molecular flexibility index (Phi) is 3.76. The van der Waals surface area contributed by atoms with Crippen LogP contribution in [0, 0.1) is 0 Å². The number of carboxylic acid groups (broad SMARTS) is 1. The Balaban J connectivity index is 2.69. The van der Waals surface area contributed by atoms with Crippen LogP contribution in [0.15, 0.2) is 30.5 Å². The smallest absolute Gasteiger partial charge is 0.336 e. The molecule has 0 saturated heterocycles. The number of carboxylic acids is 1. The Hall–Kier alpha value is -1.29. The van der Waals surface area contributed by atoms with Gasteiger partial charge in [0.25, 0.3) is 0 Å². The highest BCUT2D eigenvalue weighted by Gasteiger charge is 2.16.